The summed E-state index contributed by atoms with van der Waals surface area (Å²) in [6.07, 6.45) is 6.19. The van der Waals surface area contributed by atoms with Crippen LogP contribution in [-0.2, 0) is 6.54 Å². The van der Waals surface area contributed by atoms with Gasteiger partial charge in [-0.25, -0.2) is 0 Å². The van der Waals surface area contributed by atoms with Crippen LogP contribution in [-0.4, -0.2) is 4.57 Å². The van der Waals surface area contributed by atoms with Crippen LogP contribution in [0.1, 0.15) is 19.3 Å². The highest BCUT2D eigenvalue weighted by Gasteiger charge is 2.20. The smallest absolute Gasteiger partial charge is 0.0514 e. The molecule has 1 aliphatic carbocycles. The summed E-state index contributed by atoms with van der Waals surface area (Å²) >= 11 is 12.2. The molecular weight excluding hydrogens is 241 g/mol. The molecule has 1 nitrogen and oxygen atoms in total. The number of aryl methyl sites for hydroxylation is 1. The Morgan fingerprint density at radius 3 is 2.81 bits per heavy atom. The van der Waals surface area contributed by atoms with E-state index in [1.807, 2.05) is 6.07 Å². The van der Waals surface area contributed by atoms with Crippen molar-refractivity contribution in [2.75, 3.05) is 0 Å². The lowest BCUT2D eigenvalue weighted by atomic mass is 10.2. The Bertz CT molecular complexity index is 526. The van der Waals surface area contributed by atoms with E-state index < -0.39 is 0 Å². The second-order valence-electron chi connectivity index (χ2n) is 4.56. The van der Waals surface area contributed by atoms with E-state index in [1.54, 1.807) is 6.07 Å². The Balaban J connectivity index is 1.97. The first-order chi connectivity index (χ1) is 7.74. The molecule has 0 unspecified atom stereocenters. The summed E-state index contributed by atoms with van der Waals surface area (Å²) < 4.78 is 2.26. The lowest BCUT2D eigenvalue weighted by Crippen LogP contribution is -1.96. The van der Waals surface area contributed by atoms with E-state index in [4.69, 9.17) is 23.2 Å². The van der Waals surface area contributed by atoms with Crippen LogP contribution in [0.3, 0.4) is 0 Å². The van der Waals surface area contributed by atoms with Crippen LogP contribution in [0.2, 0.25) is 10.0 Å². The molecule has 3 heteroatoms. The second-order valence-corrected chi connectivity index (χ2v) is 5.41. The van der Waals surface area contributed by atoms with Gasteiger partial charge < -0.3 is 4.57 Å². The second kappa shape index (κ2) is 3.97. The first-order valence-corrected chi connectivity index (χ1v) is 6.43. The van der Waals surface area contributed by atoms with Crippen molar-refractivity contribution in [1.82, 2.24) is 4.57 Å². The van der Waals surface area contributed by atoms with Crippen LogP contribution in [0.5, 0.6) is 0 Å². The molecule has 1 heterocycles. The highest BCUT2D eigenvalue weighted by Crippen LogP contribution is 2.34. The minimum atomic E-state index is 0.712. The van der Waals surface area contributed by atoms with Crippen LogP contribution in [0.15, 0.2) is 24.4 Å². The summed E-state index contributed by atoms with van der Waals surface area (Å²) in [7, 11) is 0. The van der Waals surface area contributed by atoms with Gasteiger partial charge in [-0.15, -0.1) is 0 Å². The molecule has 0 bridgehead atoms. The van der Waals surface area contributed by atoms with Crippen LogP contribution < -0.4 is 0 Å². The normalized spacial score (nSPS) is 15.9. The molecule has 2 aromatic rings. The summed E-state index contributed by atoms with van der Waals surface area (Å²) in [5.41, 5.74) is 1.15. The highest BCUT2D eigenvalue weighted by molar-refractivity contribution is 6.38. The van der Waals surface area contributed by atoms with E-state index in [9.17, 15) is 0 Å². The fourth-order valence-electron chi connectivity index (χ4n) is 2.14. The van der Waals surface area contributed by atoms with Gasteiger partial charge in [0.1, 0.15) is 0 Å². The molecule has 84 valence electrons. The Kier molecular flexibility index (Phi) is 2.61. The van der Waals surface area contributed by atoms with Crippen LogP contribution in [0.4, 0.5) is 0 Å². The standard InChI is InChI=1S/C13H13Cl2N/c14-10-7-12(15)11-4-6-16(13(11)8-10)5-3-9-1-2-9/h4,6-9H,1-3,5H2. The topological polar surface area (TPSA) is 4.93 Å². The molecule has 16 heavy (non-hydrogen) atoms. The molecular formula is C13H13Cl2N. The molecule has 1 aromatic carbocycles. The van der Waals surface area contributed by atoms with Crippen molar-refractivity contribution in [3.63, 3.8) is 0 Å². The average molecular weight is 254 g/mol. The van der Waals surface area contributed by atoms with E-state index in [0.717, 1.165) is 28.4 Å². The van der Waals surface area contributed by atoms with Gasteiger partial charge in [0.15, 0.2) is 0 Å². The van der Waals surface area contributed by atoms with Gasteiger partial charge in [-0.3, -0.25) is 0 Å². The maximum atomic E-state index is 6.15. The summed E-state index contributed by atoms with van der Waals surface area (Å²) in [4.78, 5) is 0. The average Bonchev–Trinajstić information content (AvgIpc) is 2.97. The van der Waals surface area contributed by atoms with Crippen molar-refractivity contribution in [1.29, 1.82) is 0 Å². The number of halogens is 2. The zero-order valence-corrected chi connectivity index (χ0v) is 10.4. The third kappa shape index (κ3) is 1.94. The van der Waals surface area contributed by atoms with E-state index in [0.29, 0.717) is 5.02 Å². The van der Waals surface area contributed by atoms with E-state index in [2.05, 4.69) is 16.8 Å². The van der Waals surface area contributed by atoms with Gasteiger partial charge in [0, 0.05) is 23.2 Å². The number of rotatable bonds is 3. The first-order valence-electron chi connectivity index (χ1n) is 5.68. The van der Waals surface area contributed by atoms with Crippen LogP contribution in [0.25, 0.3) is 10.9 Å². The maximum Gasteiger partial charge on any atom is 0.0514 e. The zero-order chi connectivity index (χ0) is 11.1. The minimum Gasteiger partial charge on any atom is -0.347 e. The first kappa shape index (κ1) is 10.5. The Hall–Kier alpha value is -0.660. The zero-order valence-electron chi connectivity index (χ0n) is 8.92. The highest BCUT2D eigenvalue weighted by atomic mass is 35.5. The number of nitrogens with zero attached hydrogens (tertiary/aromatic N) is 1. The van der Waals surface area contributed by atoms with E-state index in [-0.39, 0.29) is 0 Å². The predicted octanol–water partition coefficient (Wildman–Crippen LogP) is 4.75. The van der Waals surface area contributed by atoms with Crippen molar-refractivity contribution in [2.45, 2.75) is 25.8 Å². The minimum absolute atomic E-state index is 0.712. The molecule has 1 saturated carbocycles. The van der Waals surface area contributed by atoms with Crippen molar-refractivity contribution in [2.24, 2.45) is 5.92 Å². The van der Waals surface area contributed by atoms with Gasteiger partial charge in [-0.05, 0) is 30.5 Å². The monoisotopic (exact) mass is 253 g/mol. The predicted molar refractivity (Wildman–Crippen MR) is 69.3 cm³/mol. The third-order valence-corrected chi connectivity index (χ3v) is 3.81. The molecule has 0 atom stereocenters. The number of fused-ring (bicyclic) bond motifs is 1. The van der Waals surface area contributed by atoms with Gasteiger partial charge in [0.25, 0.3) is 0 Å². The van der Waals surface area contributed by atoms with Gasteiger partial charge in [0.05, 0.1) is 10.5 Å². The van der Waals surface area contributed by atoms with Crippen LogP contribution in [0, 0.1) is 5.92 Å². The summed E-state index contributed by atoms with van der Waals surface area (Å²) in [6, 6.07) is 5.87. The van der Waals surface area contributed by atoms with Gasteiger partial charge in [-0.2, -0.15) is 0 Å². The lowest BCUT2D eigenvalue weighted by Gasteiger charge is -2.05. The van der Waals surface area contributed by atoms with Crippen molar-refractivity contribution in [3.8, 4) is 0 Å². The number of benzene rings is 1. The summed E-state index contributed by atoms with van der Waals surface area (Å²) in [6.45, 7) is 1.07. The summed E-state index contributed by atoms with van der Waals surface area (Å²) in [5.74, 6) is 0.951. The maximum absolute atomic E-state index is 6.15. The van der Waals surface area contributed by atoms with Crippen molar-refractivity contribution >= 4 is 34.1 Å². The molecule has 1 aliphatic rings. The molecule has 1 fully saturated rings. The third-order valence-electron chi connectivity index (χ3n) is 3.28. The molecule has 3 rings (SSSR count). The molecule has 0 spiro atoms. The van der Waals surface area contributed by atoms with Crippen molar-refractivity contribution < 1.29 is 0 Å². The molecule has 0 radical (unpaired) electrons. The molecule has 0 saturated heterocycles. The van der Waals surface area contributed by atoms with Crippen LogP contribution >= 0.6 is 23.2 Å². The molecule has 0 aliphatic heterocycles. The Morgan fingerprint density at radius 2 is 2.06 bits per heavy atom. The van der Waals surface area contributed by atoms with Gasteiger partial charge >= 0.3 is 0 Å². The number of aromatic nitrogens is 1. The van der Waals surface area contributed by atoms with E-state index >= 15 is 0 Å². The Morgan fingerprint density at radius 1 is 1.25 bits per heavy atom. The van der Waals surface area contributed by atoms with E-state index in [1.165, 1.54) is 19.3 Å². The Labute approximate surface area is 105 Å². The SMILES string of the molecule is Clc1cc(Cl)c2ccn(CCC3CC3)c2c1. The van der Waals surface area contributed by atoms with Gasteiger partial charge in [0.2, 0.25) is 0 Å². The largest absolute Gasteiger partial charge is 0.347 e. The quantitative estimate of drug-likeness (QED) is 0.744. The lowest BCUT2D eigenvalue weighted by molar-refractivity contribution is 0.611. The molecule has 1 aromatic heterocycles. The number of hydrogen-bond donors (Lipinski definition) is 0. The fourth-order valence-corrected chi connectivity index (χ4v) is 2.69. The molecule has 0 amide bonds. The molecule has 0 N–H and O–H groups in total. The van der Waals surface area contributed by atoms with Gasteiger partial charge in [-0.1, -0.05) is 36.0 Å². The number of hydrogen-bond acceptors (Lipinski definition) is 0. The summed E-state index contributed by atoms with van der Waals surface area (Å²) in [5, 5.41) is 2.55. The fraction of sp³-hybridized carbons (Fsp3) is 0.385. The van der Waals surface area contributed by atoms with Crippen molar-refractivity contribution in [3.05, 3.63) is 34.4 Å².